The third-order valence-corrected chi connectivity index (χ3v) is 5.10. The number of hydrogen-bond donors (Lipinski definition) is 1. The molecule has 0 bridgehead atoms. The molecule has 1 amide bonds. The summed E-state index contributed by atoms with van der Waals surface area (Å²) in [4.78, 5) is 15.0. The summed E-state index contributed by atoms with van der Waals surface area (Å²) in [6, 6.07) is 8.41. The van der Waals surface area contributed by atoms with Crippen molar-refractivity contribution in [1.29, 1.82) is 0 Å². The number of likely N-dealkylation sites (tertiary alicyclic amines) is 1. The maximum atomic E-state index is 13.0. The van der Waals surface area contributed by atoms with Crippen LogP contribution in [0.4, 0.5) is 0 Å². The molecule has 1 saturated heterocycles. The zero-order valence-electron chi connectivity index (χ0n) is 13.3. The van der Waals surface area contributed by atoms with Gasteiger partial charge >= 0.3 is 0 Å². The van der Waals surface area contributed by atoms with E-state index in [-0.39, 0.29) is 18.0 Å². The number of carbonyl (C=O) groups is 1. The average molecular weight is 302 g/mol. The van der Waals surface area contributed by atoms with Crippen LogP contribution in [0.25, 0.3) is 0 Å². The predicted octanol–water partition coefficient (Wildman–Crippen LogP) is 2.88. The molecule has 3 rings (SSSR count). The van der Waals surface area contributed by atoms with Crippen molar-refractivity contribution in [3.05, 3.63) is 29.8 Å². The van der Waals surface area contributed by atoms with E-state index in [1.54, 1.807) is 7.11 Å². The minimum Gasteiger partial charge on any atom is -0.496 e. The molecule has 1 aromatic carbocycles. The molecule has 0 aromatic heterocycles. The summed E-state index contributed by atoms with van der Waals surface area (Å²) in [7, 11) is 1.69. The van der Waals surface area contributed by atoms with Gasteiger partial charge in [-0.05, 0) is 38.2 Å². The van der Waals surface area contributed by atoms with E-state index < -0.39 is 0 Å². The van der Waals surface area contributed by atoms with Crippen LogP contribution in [0.5, 0.6) is 5.75 Å². The Bertz CT molecular complexity index is 532. The molecule has 2 N–H and O–H groups in total. The number of methoxy groups -OCH3 is 1. The number of benzene rings is 1. The first kappa shape index (κ1) is 15.3. The lowest BCUT2D eigenvalue weighted by Crippen LogP contribution is -2.40. The van der Waals surface area contributed by atoms with Gasteiger partial charge in [-0.1, -0.05) is 24.6 Å². The topological polar surface area (TPSA) is 55.6 Å². The van der Waals surface area contributed by atoms with Crippen LogP contribution < -0.4 is 10.5 Å². The highest BCUT2D eigenvalue weighted by Crippen LogP contribution is 2.39. The Labute approximate surface area is 132 Å². The summed E-state index contributed by atoms with van der Waals surface area (Å²) in [6.07, 6.45) is 6.04. The highest BCUT2D eigenvalue weighted by atomic mass is 16.5. The average Bonchev–Trinajstić information content (AvgIpc) is 3.03. The van der Waals surface area contributed by atoms with Crippen molar-refractivity contribution < 1.29 is 9.53 Å². The second-order valence-electron chi connectivity index (χ2n) is 6.56. The lowest BCUT2D eigenvalue weighted by Gasteiger charge is -2.33. The van der Waals surface area contributed by atoms with Gasteiger partial charge in [0.15, 0.2) is 0 Å². The minimum atomic E-state index is 0.110. The van der Waals surface area contributed by atoms with Crippen LogP contribution in [0, 0.1) is 5.92 Å². The Kier molecular flexibility index (Phi) is 4.67. The van der Waals surface area contributed by atoms with Gasteiger partial charge in [0.2, 0.25) is 5.91 Å². The maximum Gasteiger partial charge on any atom is 0.226 e. The molecule has 1 aromatic rings. The fourth-order valence-corrected chi connectivity index (χ4v) is 3.98. The summed E-state index contributed by atoms with van der Waals surface area (Å²) >= 11 is 0. The normalized spacial score (nSPS) is 28.6. The first-order chi connectivity index (χ1) is 10.7. The smallest absolute Gasteiger partial charge is 0.226 e. The van der Waals surface area contributed by atoms with Gasteiger partial charge in [0.1, 0.15) is 5.75 Å². The van der Waals surface area contributed by atoms with Crippen LogP contribution in [-0.4, -0.2) is 30.5 Å². The molecule has 0 spiro atoms. The first-order valence-corrected chi connectivity index (χ1v) is 8.39. The maximum absolute atomic E-state index is 13.0. The summed E-state index contributed by atoms with van der Waals surface area (Å²) in [5.74, 6) is 1.29. The van der Waals surface area contributed by atoms with Gasteiger partial charge in [0.05, 0.1) is 13.2 Å². The van der Waals surface area contributed by atoms with Crippen LogP contribution in [0.1, 0.15) is 50.1 Å². The number of nitrogens with zero attached hydrogens (tertiary/aromatic N) is 1. The summed E-state index contributed by atoms with van der Waals surface area (Å²) < 4.78 is 5.49. The second kappa shape index (κ2) is 6.69. The van der Waals surface area contributed by atoms with E-state index in [4.69, 9.17) is 10.5 Å². The van der Waals surface area contributed by atoms with Gasteiger partial charge in [-0.15, -0.1) is 0 Å². The van der Waals surface area contributed by atoms with Crippen LogP contribution in [-0.2, 0) is 4.79 Å². The fourth-order valence-electron chi connectivity index (χ4n) is 3.98. The van der Waals surface area contributed by atoms with Gasteiger partial charge in [0, 0.05) is 24.1 Å². The molecular formula is C18H26N2O2. The van der Waals surface area contributed by atoms with E-state index >= 15 is 0 Å². The van der Waals surface area contributed by atoms with Crippen LogP contribution in [0.3, 0.4) is 0 Å². The largest absolute Gasteiger partial charge is 0.496 e. The van der Waals surface area contributed by atoms with Crippen LogP contribution >= 0.6 is 0 Å². The van der Waals surface area contributed by atoms with Crippen molar-refractivity contribution in [1.82, 2.24) is 4.90 Å². The molecule has 0 radical (unpaired) electrons. The van der Waals surface area contributed by atoms with E-state index in [1.165, 1.54) is 0 Å². The van der Waals surface area contributed by atoms with Crippen molar-refractivity contribution in [3.8, 4) is 5.75 Å². The van der Waals surface area contributed by atoms with Gasteiger partial charge in [-0.3, -0.25) is 4.79 Å². The van der Waals surface area contributed by atoms with E-state index in [2.05, 4.69) is 11.0 Å². The fraction of sp³-hybridized carbons (Fsp3) is 0.611. The molecule has 4 nitrogen and oxygen atoms in total. The number of amides is 1. The van der Waals surface area contributed by atoms with Crippen molar-refractivity contribution >= 4 is 5.91 Å². The van der Waals surface area contributed by atoms with Crippen molar-refractivity contribution in [3.63, 3.8) is 0 Å². The van der Waals surface area contributed by atoms with Gasteiger partial charge in [-0.2, -0.15) is 0 Å². The Balaban J connectivity index is 1.79. The Morgan fingerprint density at radius 3 is 2.82 bits per heavy atom. The Morgan fingerprint density at radius 1 is 1.23 bits per heavy atom. The molecule has 120 valence electrons. The predicted molar refractivity (Wildman–Crippen MR) is 86.6 cm³/mol. The van der Waals surface area contributed by atoms with E-state index in [9.17, 15) is 4.79 Å². The molecule has 1 saturated carbocycles. The minimum absolute atomic E-state index is 0.110. The van der Waals surface area contributed by atoms with Crippen molar-refractivity contribution in [2.75, 3.05) is 13.7 Å². The lowest BCUT2D eigenvalue weighted by molar-refractivity contribution is -0.137. The SMILES string of the molecule is COc1ccccc1[C@@H]1CCCN1C(=O)[C@H]1CCC[C@@H](N)C1. The summed E-state index contributed by atoms with van der Waals surface area (Å²) in [5, 5.41) is 0. The molecule has 1 heterocycles. The van der Waals surface area contributed by atoms with Crippen LogP contribution in [0.15, 0.2) is 24.3 Å². The third kappa shape index (κ3) is 2.98. The number of rotatable bonds is 3. The molecular weight excluding hydrogens is 276 g/mol. The molecule has 22 heavy (non-hydrogen) atoms. The zero-order valence-corrected chi connectivity index (χ0v) is 13.3. The highest BCUT2D eigenvalue weighted by Gasteiger charge is 2.36. The number of nitrogens with two attached hydrogens (primary N) is 1. The zero-order chi connectivity index (χ0) is 15.5. The second-order valence-corrected chi connectivity index (χ2v) is 6.56. The first-order valence-electron chi connectivity index (χ1n) is 8.39. The molecule has 4 heteroatoms. The van der Waals surface area contributed by atoms with E-state index in [0.717, 1.165) is 56.4 Å². The molecule has 2 aliphatic rings. The quantitative estimate of drug-likeness (QED) is 0.934. The molecule has 3 atom stereocenters. The Hall–Kier alpha value is -1.55. The molecule has 1 aliphatic carbocycles. The van der Waals surface area contributed by atoms with Gasteiger partial charge < -0.3 is 15.4 Å². The summed E-state index contributed by atoms with van der Waals surface area (Å²) in [5.41, 5.74) is 7.20. The van der Waals surface area contributed by atoms with Gasteiger partial charge in [-0.25, -0.2) is 0 Å². The molecule has 0 unspecified atom stereocenters. The third-order valence-electron chi connectivity index (χ3n) is 5.10. The highest BCUT2D eigenvalue weighted by molar-refractivity contribution is 5.80. The number of ether oxygens (including phenoxy) is 1. The standard InChI is InChI=1S/C18H26N2O2/c1-22-17-10-3-2-8-15(17)16-9-5-11-20(16)18(21)13-6-4-7-14(19)12-13/h2-3,8,10,13-14,16H,4-7,9,11-12,19H2,1H3/t13-,14+,16-/m0/s1. The number of carbonyl (C=O) groups excluding carboxylic acids is 1. The molecule has 1 aliphatic heterocycles. The van der Waals surface area contributed by atoms with Crippen LogP contribution in [0.2, 0.25) is 0 Å². The van der Waals surface area contributed by atoms with E-state index in [0.29, 0.717) is 5.91 Å². The molecule has 2 fully saturated rings. The van der Waals surface area contributed by atoms with Crippen molar-refractivity contribution in [2.45, 2.75) is 50.6 Å². The monoisotopic (exact) mass is 302 g/mol. The Morgan fingerprint density at radius 2 is 2.05 bits per heavy atom. The van der Waals surface area contributed by atoms with Crippen molar-refractivity contribution in [2.24, 2.45) is 11.7 Å². The van der Waals surface area contributed by atoms with E-state index in [1.807, 2.05) is 18.2 Å². The number of hydrogen-bond acceptors (Lipinski definition) is 3. The van der Waals surface area contributed by atoms with Gasteiger partial charge in [0.25, 0.3) is 0 Å². The summed E-state index contributed by atoms with van der Waals surface area (Å²) in [6.45, 7) is 0.854. The number of para-hydroxylation sites is 1. The lowest BCUT2D eigenvalue weighted by atomic mass is 9.85.